The topological polar surface area (TPSA) is 93.1 Å². The van der Waals surface area contributed by atoms with Crippen LogP contribution in [0.4, 0.5) is 0 Å². The van der Waals surface area contributed by atoms with Crippen molar-refractivity contribution < 1.29 is 28.6 Å². The minimum Gasteiger partial charge on any atom is -0.427 e. The molecule has 0 bridgehead atoms. The summed E-state index contributed by atoms with van der Waals surface area (Å²) in [6.07, 6.45) is 0. The normalized spacial score (nSPS) is 9.47. The van der Waals surface area contributed by atoms with Crippen molar-refractivity contribution in [1.82, 2.24) is 0 Å². The van der Waals surface area contributed by atoms with Crippen molar-refractivity contribution in [2.24, 2.45) is 0 Å². The molecule has 0 atom stereocenters. The van der Waals surface area contributed by atoms with Crippen LogP contribution in [0.25, 0.3) is 0 Å². The first-order chi connectivity index (χ1) is 7.95. The van der Waals surface area contributed by atoms with Gasteiger partial charge in [-0.2, -0.15) is 0 Å². The third kappa shape index (κ3) is 9.71. The van der Waals surface area contributed by atoms with Gasteiger partial charge < -0.3 is 19.3 Å². The highest BCUT2D eigenvalue weighted by Crippen LogP contribution is 2.13. The zero-order chi connectivity index (χ0) is 13.3. The van der Waals surface area contributed by atoms with Crippen molar-refractivity contribution >= 4 is 14.2 Å². The second-order valence-electron chi connectivity index (χ2n) is 2.96. The van der Waals surface area contributed by atoms with E-state index in [9.17, 15) is 4.79 Å². The zero-order valence-electron chi connectivity index (χ0n) is 9.54. The van der Waals surface area contributed by atoms with E-state index in [4.69, 9.17) is 23.8 Å². The Morgan fingerprint density at radius 3 is 2.47 bits per heavy atom. The lowest BCUT2D eigenvalue weighted by Gasteiger charge is -2.03. The van der Waals surface area contributed by atoms with E-state index in [0.29, 0.717) is 12.4 Å². The van der Waals surface area contributed by atoms with Crippen LogP contribution >= 0.6 is 8.25 Å². The molecular weight excluding hydrogens is 247 g/mol. The van der Waals surface area contributed by atoms with Gasteiger partial charge in [-0.3, -0.25) is 9.36 Å². The van der Waals surface area contributed by atoms with Crippen LogP contribution in [-0.2, 0) is 20.7 Å². The monoisotopic (exact) mass is 262 g/mol. The Morgan fingerprint density at radius 1 is 1.41 bits per heavy atom. The summed E-state index contributed by atoms with van der Waals surface area (Å²) in [5.74, 6) is 0.247. The van der Waals surface area contributed by atoms with Gasteiger partial charge in [0, 0.05) is 14.0 Å². The van der Waals surface area contributed by atoms with E-state index >= 15 is 0 Å². The molecule has 1 aromatic rings. The number of methoxy groups -OCH3 is 1. The highest BCUT2D eigenvalue weighted by atomic mass is 31.1. The molecule has 17 heavy (non-hydrogen) atoms. The van der Waals surface area contributed by atoms with Gasteiger partial charge in [-0.25, -0.2) is 0 Å². The fourth-order valence-corrected chi connectivity index (χ4v) is 1.03. The van der Waals surface area contributed by atoms with Gasteiger partial charge in [0.25, 0.3) is 0 Å². The lowest BCUT2D eigenvalue weighted by molar-refractivity contribution is -0.131. The van der Waals surface area contributed by atoms with E-state index in [1.54, 1.807) is 19.2 Å². The maximum Gasteiger partial charge on any atom is 0.314 e. The number of carbonyl (C=O) groups excluding carboxylic acids is 1. The van der Waals surface area contributed by atoms with Crippen LogP contribution < -0.4 is 4.74 Å². The SMILES string of the molecule is COCc1cccc(OC(C)=O)c1.O=[PH](O)O. The van der Waals surface area contributed by atoms with Crippen LogP contribution in [0.3, 0.4) is 0 Å². The van der Waals surface area contributed by atoms with Gasteiger partial charge in [0.15, 0.2) is 0 Å². The summed E-state index contributed by atoms with van der Waals surface area (Å²) in [4.78, 5) is 24.9. The van der Waals surface area contributed by atoms with Gasteiger partial charge in [-0.05, 0) is 17.7 Å². The molecule has 2 N–H and O–H groups in total. The first-order valence-corrected chi connectivity index (χ1v) is 5.94. The molecule has 0 fully saturated rings. The van der Waals surface area contributed by atoms with Crippen molar-refractivity contribution in [2.45, 2.75) is 13.5 Å². The van der Waals surface area contributed by atoms with Gasteiger partial charge in [-0.15, -0.1) is 0 Å². The highest BCUT2D eigenvalue weighted by Gasteiger charge is 1.98. The molecule has 1 aromatic carbocycles. The predicted octanol–water partition coefficient (Wildman–Crippen LogP) is 1.12. The average Bonchev–Trinajstić information content (AvgIpc) is 2.16. The Balaban J connectivity index is 0.000000557. The largest absolute Gasteiger partial charge is 0.427 e. The molecule has 0 aliphatic carbocycles. The highest BCUT2D eigenvalue weighted by molar-refractivity contribution is 7.30. The zero-order valence-corrected chi connectivity index (χ0v) is 10.5. The first kappa shape index (κ1) is 15.8. The molecule has 1 rings (SSSR count). The van der Waals surface area contributed by atoms with Crippen LogP contribution in [0, 0.1) is 0 Å². The van der Waals surface area contributed by atoms with E-state index in [2.05, 4.69) is 0 Å². The molecule has 0 aromatic heterocycles. The molecule has 0 saturated heterocycles. The lowest BCUT2D eigenvalue weighted by Crippen LogP contribution is -2.01. The van der Waals surface area contributed by atoms with E-state index in [-0.39, 0.29) is 5.97 Å². The maximum absolute atomic E-state index is 10.6. The summed E-state index contributed by atoms with van der Waals surface area (Å²) in [6, 6.07) is 7.26. The van der Waals surface area contributed by atoms with Crippen LogP contribution in [0.5, 0.6) is 5.75 Å². The third-order valence-electron chi connectivity index (χ3n) is 1.47. The molecule has 0 aliphatic rings. The quantitative estimate of drug-likeness (QED) is 0.481. The Morgan fingerprint density at radius 2 is 2.00 bits per heavy atom. The summed E-state index contributed by atoms with van der Waals surface area (Å²) < 4.78 is 18.6. The molecule has 0 heterocycles. The second-order valence-corrected chi connectivity index (χ2v) is 3.52. The molecule has 6 nitrogen and oxygen atoms in total. The van der Waals surface area contributed by atoms with Crippen molar-refractivity contribution in [3.63, 3.8) is 0 Å². The Labute approximate surface area is 99.8 Å². The summed E-state index contributed by atoms with van der Waals surface area (Å²) >= 11 is 0. The summed E-state index contributed by atoms with van der Waals surface area (Å²) in [5.41, 5.74) is 0.987. The average molecular weight is 262 g/mol. The first-order valence-electron chi connectivity index (χ1n) is 4.64. The molecule has 0 amide bonds. The van der Waals surface area contributed by atoms with Crippen LogP contribution in [0.1, 0.15) is 12.5 Å². The number of esters is 1. The van der Waals surface area contributed by atoms with E-state index in [1.165, 1.54) is 6.92 Å². The standard InChI is InChI=1S/C10H12O3.H3O3P/c1-8(11)13-10-5-3-4-9(6-10)7-12-2;1-4(2)3/h3-6H,7H2,1-2H3;4H,(H2,1,2,3). The maximum atomic E-state index is 10.6. The lowest BCUT2D eigenvalue weighted by atomic mass is 10.2. The number of ether oxygens (including phenoxy) is 2. The van der Waals surface area contributed by atoms with E-state index < -0.39 is 8.25 Å². The predicted molar refractivity (Wildman–Crippen MR) is 61.9 cm³/mol. The minimum atomic E-state index is -3.13. The minimum absolute atomic E-state index is 0.311. The van der Waals surface area contributed by atoms with Gasteiger partial charge in [0.2, 0.25) is 0 Å². The molecule has 0 saturated carbocycles. The molecule has 0 spiro atoms. The molecule has 7 heteroatoms. The smallest absolute Gasteiger partial charge is 0.314 e. The van der Waals surface area contributed by atoms with Gasteiger partial charge in [0.1, 0.15) is 5.75 Å². The number of carbonyl (C=O) groups is 1. The van der Waals surface area contributed by atoms with Gasteiger partial charge in [0.05, 0.1) is 6.61 Å². The Kier molecular flexibility index (Phi) is 8.27. The van der Waals surface area contributed by atoms with Crippen LogP contribution in [0.2, 0.25) is 0 Å². The molecular formula is C10H15O6P. The van der Waals surface area contributed by atoms with Crippen molar-refractivity contribution in [3.05, 3.63) is 29.8 Å². The number of hydrogen-bond acceptors (Lipinski definition) is 4. The van der Waals surface area contributed by atoms with Gasteiger partial charge in [-0.1, -0.05) is 12.1 Å². The summed E-state index contributed by atoms with van der Waals surface area (Å²) in [6.45, 7) is 1.90. The molecule has 0 unspecified atom stereocenters. The third-order valence-corrected chi connectivity index (χ3v) is 1.47. The van der Waals surface area contributed by atoms with Crippen LogP contribution in [-0.4, -0.2) is 22.9 Å². The van der Waals surface area contributed by atoms with Crippen LogP contribution in [0.15, 0.2) is 24.3 Å². The Hall–Kier alpha value is -1.20. The fourth-order valence-electron chi connectivity index (χ4n) is 1.03. The number of hydrogen-bond donors (Lipinski definition) is 2. The van der Waals surface area contributed by atoms with Crippen molar-refractivity contribution in [1.29, 1.82) is 0 Å². The molecule has 0 aliphatic heterocycles. The van der Waals surface area contributed by atoms with Gasteiger partial charge >= 0.3 is 14.2 Å². The summed E-state index contributed by atoms with van der Waals surface area (Å²) in [7, 11) is -1.51. The van der Waals surface area contributed by atoms with E-state index in [0.717, 1.165) is 5.56 Å². The number of benzene rings is 1. The summed E-state index contributed by atoms with van der Waals surface area (Å²) in [5, 5.41) is 0. The molecule has 96 valence electrons. The Bertz CT molecular complexity index is 375. The van der Waals surface area contributed by atoms with Crippen molar-refractivity contribution in [3.8, 4) is 5.75 Å². The number of rotatable bonds is 3. The second kappa shape index (κ2) is 8.90. The fraction of sp³-hybridized carbons (Fsp3) is 0.300. The molecule has 0 radical (unpaired) electrons. The van der Waals surface area contributed by atoms with E-state index in [1.807, 2.05) is 12.1 Å². The van der Waals surface area contributed by atoms with Crippen molar-refractivity contribution in [2.75, 3.05) is 7.11 Å².